The molecule has 0 amide bonds. The van der Waals surface area contributed by atoms with E-state index in [1.54, 1.807) is 41.4 Å². The fourth-order valence-corrected chi connectivity index (χ4v) is 3.55. The molecule has 0 saturated carbocycles. The third-order valence-corrected chi connectivity index (χ3v) is 4.93. The number of nitrogens with zero attached hydrogens (tertiary/aromatic N) is 6. The largest absolute Gasteiger partial charge is 0.433 e. The van der Waals surface area contributed by atoms with Crippen LogP contribution in [0.2, 0.25) is 5.02 Å². The molecule has 5 rings (SSSR count). The summed E-state index contributed by atoms with van der Waals surface area (Å²) in [4.78, 5) is 8.79. The number of ether oxygens (including phenoxy) is 1. The van der Waals surface area contributed by atoms with E-state index in [4.69, 9.17) is 11.6 Å². The van der Waals surface area contributed by atoms with Crippen LogP contribution in [0.25, 0.3) is 33.5 Å². The number of aliphatic hydroxyl groups is 1. The quantitative estimate of drug-likeness (QED) is 0.444. The lowest BCUT2D eigenvalue weighted by Gasteiger charge is -2.12. The smallest absolute Gasteiger partial charge is 0.387 e. The summed E-state index contributed by atoms with van der Waals surface area (Å²) >= 11 is 6.10. The Morgan fingerprint density at radius 2 is 2.03 bits per heavy atom. The first-order valence-corrected chi connectivity index (χ1v) is 9.45. The van der Waals surface area contributed by atoms with Crippen molar-refractivity contribution in [1.82, 2.24) is 29.4 Å². The lowest BCUT2D eigenvalue weighted by Crippen LogP contribution is -2.07. The zero-order chi connectivity index (χ0) is 21.5. The van der Waals surface area contributed by atoms with Crippen LogP contribution in [0, 0.1) is 0 Å². The van der Waals surface area contributed by atoms with Gasteiger partial charge in [-0.15, -0.1) is 0 Å². The molecule has 1 aromatic carbocycles. The lowest BCUT2D eigenvalue weighted by atomic mass is 10.1. The molecule has 0 saturated heterocycles. The summed E-state index contributed by atoms with van der Waals surface area (Å²) in [7, 11) is 0. The molecule has 0 spiro atoms. The maximum atomic E-state index is 12.9. The molecule has 31 heavy (non-hydrogen) atoms. The Kier molecular flexibility index (Phi) is 4.72. The monoisotopic (exact) mass is 442 g/mol. The van der Waals surface area contributed by atoms with E-state index >= 15 is 0 Å². The fourth-order valence-electron chi connectivity index (χ4n) is 3.38. The molecule has 0 aliphatic heterocycles. The summed E-state index contributed by atoms with van der Waals surface area (Å²) in [5.74, 6) is -0.114. The molecular weight excluding hydrogens is 430 g/mol. The maximum Gasteiger partial charge on any atom is 0.387 e. The number of rotatable bonds is 5. The van der Waals surface area contributed by atoms with Crippen LogP contribution in [0.15, 0.2) is 55.1 Å². The molecular formula is C20H13ClF2N6O2. The summed E-state index contributed by atoms with van der Waals surface area (Å²) < 4.78 is 33.5. The van der Waals surface area contributed by atoms with E-state index < -0.39 is 6.61 Å². The number of alkyl halides is 2. The van der Waals surface area contributed by atoms with Crippen molar-refractivity contribution in [3.8, 4) is 22.6 Å². The Bertz CT molecular complexity index is 1420. The Balaban J connectivity index is 1.75. The highest BCUT2D eigenvalue weighted by Crippen LogP contribution is 2.33. The first-order chi connectivity index (χ1) is 15.0. The minimum absolute atomic E-state index is 0.114. The molecule has 5 aromatic rings. The van der Waals surface area contributed by atoms with E-state index in [0.717, 1.165) is 5.56 Å². The molecule has 0 atom stereocenters. The zero-order valence-electron chi connectivity index (χ0n) is 15.7. The summed E-state index contributed by atoms with van der Waals surface area (Å²) in [5.41, 5.74) is 3.39. The van der Waals surface area contributed by atoms with Gasteiger partial charge in [-0.1, -0.05) is 11.6 Å². The molecule has 156 valence electrons. The molecule has 1 N–H and O–H groups in total. The van der Waals surface area contributed by atoms with Crippen molar-refractivity contribution in [2.75, 3.05) is 0 Å². The highest BCUT2D eigenvalue weighted by molar-refractivity contribution is 6.30. The molecule has 0 bridgehead atoms. The van der Waals surface area contributed by atoms with E-state index in [0.29, 0.717) is 27.3 Å². The predicted octanol–water partition coefficient (Wildman–Crippen LogP) is 3.88. The van der Waals surface area contributed by atoms with Crippen LogP contribution < -0.4 is 4.74 Å². The maximum absolute atomic E-state index is 12.9. The van der Waals surface area contributed by atoms with Crippen molar-refractivity contribution in [2.24, 2.45) is 0 Å². The number of hydrogen-bond donors (Lipinski definition) is 1. The molecule has 0 radical (unpaired) electrons. The van der Waals surface area contributed by atoms with Crippen LogP contribution >= 0.6 is 11.6 Å². The average molecular weight is 443 g/mol. The Hall–Kier alpha value is -3.63. The summed E-state index contributed by atoms with van der Waals surface area (Å²) in [6.07, 6.45) is 6.70. The van der Waals surface area contributed by atoms with Gasteiger partial charge in [0.2, 0.25) is 0 Å². The van der Waals surface area contributed by atoms with Crippen LogP contribution in [0.3, 0.4) is 0 Å². The fraction of sp³-hybridized carbons (Fsp3) is 0.100. The van der Waals surface area contributed by atoms with Gasteiger partial charge in [-0.25, -0.2) is 14.2 Å². The number of aliphatic hydroxyl groups excluding tert-OH is 1. The third kappa shape index (κ3) is 3.35. The standard InChI is InChI=1S/C20H13ClF2N6O2/c21-12-2-3-17(31-20(22)23)15(7-12)29-16-6-11(8-25-18(16)14(10-30)27-29)13-9-26-28-5-1-4-24-19(13)28/h1-9,20,30H,10H2. The Labute approximate surface area is 178 Å². The molecule has 0 fully saturated rings. The molecule has 0 aliphatic carbocycles. The highest BCUT2D eigenvalue weighted by atomic mass is 35.5. The van der Waals surface area contributed by atoms with Gasteiger partial charge in [-0.05, 0) is 30.3 Å². The van der Waals surface area contributed by atoms with E-state index in [1.807, 2.05) is 0 Å². The van der Waals surface area contributed by atoms with Crippen LogP contribution in [0.4, 0.5) is 8.78 Å². The summed E-state index contributed by atoms with van der Waals surface area (Å²) in [6, 6.07) is 7.76. The third-order valence-electron chi connectivity index (χ3n) is 4.70. The van der Waals surface area contributed by atoms with Crippen LogP contribution in [0.5, 0.6) is 5.75 Å². The van der Waals surface area contributed by atoms with Gasteiger partial charge < -0.3 is 9.84 Å². The second-order valence-electron chi connectivity index (χ2n) is 6.55. The summed E-state index contributed by atoms with van der Waals surface area (Å²) in [5, 5.41) is 18.7. The van der Waals surface area contributed by atoms with Crippen molar-refractivity contribution in [3.05, 3.63) is 65.8 Å². The molecule has 4 heterocycles. The number of fused-ring (bicyclic) bond motifs is 2. The topological polar surface area (TPSA) is 90.4 Å². The number of pyridine rings is 1. The van der Waals surface area contributed by atoms with Crippen LogP contribution in [0.1, 0.15) is 5.69 Å². The van der Waals surface area contributed by atoms with Gasteiger partial charge in [-0.3, -0.25) is 4.98 Å². The lowest BCUT2D eigenvalue weighted by molar-refractivity contribution is -0.0498. The first-order valence-electron chi connectivity index (χ1n) is 9.07. The Morgan fingerprint density at radius 1 is 1.16 bits per heavy atom. The molecule has 0 aliphatic rings. The van der Waals surface area contributed by atoms with Crippen LogP contribution in [-0.2, 0) is 6.61 Å². The Morgan fingerprint density at radius 3 is 2.84 bits per heavy atom. The molecule has 11 heteroatoms. The predicted molar refractivity (Wildman–Crippen MR) is 108 cm³/mol. The second-order valence-corrected chi connectivity index (χ2v) is 6.98. The van der Waals surface area contributed by atoms with Gasteiger partial charge in [0.1, 0.15) is 16.9 Å². The van der Waals surface area contributed by atoms with Crippen molar-refractivity contribution in [2.45, 2.75) is 13.2 Å². The van der Waals surface area contributed by atoms with Crippen molar-refractivity contribution in [1.29, 1.82) is 0 Å². The minimum atomic E-state index is -3.03. The van der Waals surface area contributed by atoms with E-state index in [1.165, 1.54) is 22.9 Å². The van der Waals surface area contributed by atoms with E-state index in [2.05, 4.69) is 24.9 Å². The highest BCUT2D eigenvalue weighted by Gasteiger charge is 2.19. The average Bonchev–Trinajstić information content (AvgIpc) is 3.35. The van der Waals surface area contributed by atoms with Gasteiger partial charge in [0, 0.05) is 34.7 Å². The number of halogens is 3. The molecule has 8 nitrogen and oxygen atoms in total. The minimum Gasteiger partial charge on any atom is -0.433 e. The van der Waals surface area contributed by atoms with Gasteiger partial charge >= 0.3 is 6.61 Å². The van der Waals surface area contributed by atoms with Gasteiger partial charge in [0.05, 0.1) is 18.3 Å². The van der Waals surface area contributed by atoms with E-state index in [9.17, 15) is 13.9 Å². The number of hydrogen-bond acceptors (Lipinski definition) is 6. The number of benzene rings is 1. The zero-order valence-corrected chi connectivity index (χ0v) is 16.4. The van der Waals surface area contributed by atoms with Gasteiger partial charge in [0.25, 0.3) is 0 Å². The SMILES string of the molecule is OCc1nn(-c2cc(Cl)ccc2OC(F)F)c2cc(-c3cnn4cccnc34)cnc12. The second kappa shape index (κ2) is 7.56. The summed E-state index contributed by atoms with van der Waals surface area (Å²) in [6.45, 7) is -3.42. The molecule has 0 unspecified atom stereocenters. The van der Waals surface area contributed by atoms with Crippen molar-refractivity contribution in [3.63, 3.8) is 0 Å². The van der Waals surface area contributed by atoms with Crippen molar-refractivity contribution < 1.29 is 18.6 Å². The van der Waals surface area contributed by atoms with E-state index in [-0.39, 0.29) is 23.7 Å². The van der Waals surface area contributed by atoms with Crippen molar-refractivity contribution >= 4 is 28.3 Å². The van der Waals surface area contributed by atoms with Gasteiger partial charge in [0.15, 0.2) is 11.4 Å². The van der Waals surface area contributed by atoms with Crippen LogP contribution in [-0.4, -0.2) is 41.1 Å². The van der Waals surface area contributed by atoms with Gasteiger partial charge in [-0.2, -0.15) is 19.0 Å². The normalized spacial score (nSPS) is 11.6. The number of aromatic nitrogens is 6. The first kappa shape index (κ1) is 19.3. The molecule has 4 aromatic heterocycles.